The molecule has 0 amide bonds. The van der Waals surface area contributed by atoms with Crippen LogP contribution in [0.4, 0.5) is 0 Å². The second-order valence-corrected chi connectivity index (χ2v) is 25.9. The molecule has 0 radical (unpaired) electrons. The monoisotopic (exact) mass is 1330 g/mol. The van der Waals surface area contributed by atoms with Gasteiger partial charge in [-0.05, 0) is 132 Å². The zero-order valence-corrected chi connectivity index (χ0v) is 56.0. The fraction of sp³-hybridized carbons (Fsp3) is 0. The van der Waals surface area contributed by atoms with Gasteiger partial charge in [0.1, 0.15) is 11.4 Å². The van der Waals surface area contributed by atoms with E-state index in [1.165, 1.54) is 43.1 Å². The van der Waals surface area contributed by atoms with Gasteiger partial charge in [0.2, 0.25) is 0 Å². The molecule has 0 aliphatic rings. The average molecular weight is 1330 g/mol. The summed E-state index contributed by atoms with van der Waals surface area (Å²) in [6, 6.07) is 121. The lowest BCUT2D eigenvalue weighted by molar-refractivity contribution is 1.06. The maximum atomic E-state index is 5.16. The summed E-state index contributed by atoms with van der Waals surface area (Å²) in [7, 11) is 0. The predicted octanol–water partition coefficient (Wildman–Crippen LogP) is 23.2. The van der Waals surface area contributed by atoms with E-state index in [4.69, 9.17) is 49.8 Å². The maximum absolute atomic E-state index is 5.16. The molecule has 20 rings (SSSR count). The third kappa shape index (κ3) is 11.7. The lowest BCUT2D eigenvalue weighted by Crippen LogP contribution is -2.01. The molecule has 0 fully saturated rings. The zero-order chi connectivity index (χ0) is 68.9. The fourth-order valence-corrected chi connectivity index (χ4v) is 14.1. The van der Waals surface area contributed by atoms with Gasteiger partial charge in [-0.3, -0.25) is 0 Å². The van der Waals surface area contributed by atoms with Crippen LogP contribution in [0, 0.1) is 0 Å². The van der Waals surface area contributed by atoms with Crippen LogP contribution in [-0.2, 0) is 0 Å². The summed E-state index contributed by atoms with van der Waals surface area (Å²) in [6.07, 6.45) is 0. The summed E-state index contributed by atoms with van der Waals surface area (Å²) in [5.74, 6) is 3.52. The Morgan fingerprint density at radius 3 is 1.00 bits per heavy atom. The predicted molar refractivity (Wildman–Crippen MR) is 425 cm³/mol. The number of pyridine rings is 4. The van der Waals surface area contributed by atoms with Crippen molar-refractivity contribution < 1.29 is 0 Å². The highest BCUT2D eigenvalue weighted by atomic mass is 15.1. The molecule has 0 aliphatic heterocycles. The van der Waals surface area contributed by atoms with E-state index in [2.05, 4.69) is 218 Å². The molecule has 0 N–H and O–H groups in total. The van der Waals surface area contributed by atoms with Crippen LogP contribution in [0.2, 0.25) is 0 Å². The molecule has 6 heterocycles. The number of hydrogen-bond acceptors (Lipinski definition) is 10. The van der Waals surface area contributed by atoms with E-state index in [0.717, 1.165) is 111 Å². The van der Waals surface area contributed by atoms with Crippen molar-refractivity contribution in [2.24, 2.45) is 0 Å². The van der Waals surface area contributed by atoms with Crippen LogP contribution < -0.4 is 0 Å². The maximum Gasteiger partial charge on any atom is 0.182 e. The molecule has 10 nitrogen and oxygen atoms in total. The Labute approximate surface area is 598 Å². The van der Waals surface area contributed by atoms with E-state index in [9.17, 15) is 0 Å². The molecule has 0 bridgehead atoms. The molecular formula is C94H58N10. The minimum atomic E-state index is 0.534. The standard InChI is InChI=1S/2C47H29N5/c1-3-11-31(12-4-1)45-50-46(32-13-5-2-6-14-32)52-47(51-45)43-26-21-30-19-20-34(29-44(30)49-43)33-22-24-41-36(27-33)23-25-42(48-41)40-28-35-15-7-8-16-37(35)38-17-9-10-18-39(38)40;1-3-11-33(12-4-1)45-50-46(34-13-5-2-6-14-34)52-47(51-45)42-27-22-31-19-21-36(29-43(31)49-42)35-23-25-40-37(28-35)24-26-41(48-40)39-17-9-15-32-20-18-30-10-7-8-16-38(30)44(32)39/h2*1-29H. The van der Waals surface area contributed by atoms with Gasteiger partial charge in [0, 0.05) is 54.9 Å². The Kier molecular flexibility index (Phi) is 15.3. The first-order valence-corrected chi connectivity index (χ1v) is 34.7. The van der Waals surface area contributed by atoms with E-state index in [1.807, 2.05) is 133 Å². The van der Waals surface area contributed by atoms with Gasteiger partial charge in [0.25, 0.3) is 0 Å². The van der Waals surface area contributed by atoms with Crippen LogP contribution in [0.3, 0.4) is 0 Å². The molecule has 0 saturated heterocycles. The van der Waals surface area contributed by atoms with E-state index in [1.54, 1.807) is 0 Å². The molecule has 0 atom stereocenters. The Morgan fingerprint density at radius 1 is 0.144 bits per heavy atom. The molecule has 0 spiro atoms. The van der Waals surface area contributed by atoms with Gasteiger partial charge in [-0.2, -0.15) is 0 Å². The van der Waals surface area contributed by atoms with Crippen LogP contribution in [0.25, 0.3) is 200 Å². The Morgan fingerprint density at radius 2 is 0.490 bits per heavy atom. The van der Waals surface area contributed by atoms with Crippen molar-refractivity contribution in [2.45, 2.75) is 0 Å². The van der Waals surface area contributed by atoms with Crippen molar-refractivity contribution in [2.75, 3.05) is 0 Å². The average Bonchev–Trinajstić information content (AvgIpc) is 0.758. The first-order chi connectivity index (χ1) is 51.5. The molecule has 14 aromatic carbocycles. The molecule has 104 heavy (non-hydrogen) atoms. The second kappa shape index (κ2) is 26.1. The quantitative estimate of drug-likeness (QED) is 0.122. The minimum Gasteiger partial charge on any atom is -0.248 e. The number of rotatable bonds is 10. The lowest BCUT2D eigenvalue weighted by atomic mass is 9.95. The van der Waals surface area contributed by atoms with E-state index in [-0.39, 0.29) is 0 Å². The zero-order valence-electron chi connectivity index (χ0n) is 56.0. The van der Waals surface area contributed by atoms with Crippen molar-refractivity contribution in [1.82, 2.24) is 49.8 Å². The lowest BCUT2D eigenvalue weighted by Gasteiger charge is -2.12. The van der Waals surface area contributed by atoms with Crippen LogP contribution in [0.5, 0.6) is 0 Å². The first kappa shape index (κ1) is 60.9. The van der Waals surface area contributed by atoms with Crippen LogP contribution in [0.15, 0.2) is 352 Å². The van der Waals surface area contributed by atoms with Crippen molar-refractivity contribution >= 4 is 86.7 Å². The van der Waals surface area contributed by atoms with Gasteiger partial charge in [0.05, 0.1) is 33.5 Å². The van der Waals surface area contributed by atoms with Gasteiger partial charge >= 0.3 is 0 Å². The Hall–Kier alpha value is -14.2. The first-order valence-electron chi connectivity index (χ1n) is 34.7. The molecule has 484 valence electrons. The van der Waals surface area contributed by atoms with E-state index >= 15 is 0 Å². The highest BCUT2D eigenvalue weighted by molar-refractivity contribution is 6.15. The van der Waals surface area contributed by atoms with Crippen molar-refractivity contribution in [3.63, 3.8) is 0 Å². The van der Waals surface area contributed by atoms with E-state index < -0.39 is 0 Å². The summed E-state index contributed by atoms with van der Waals surface area (Å²) in [5.41, 5.74) is 17.3. The van der Waals surface area contributed by atoms with Gasteiger partial charge in [-0.15, -0.1) is 0 Å². The van der Waals surface area contributed by atoms with Crippen molar-refractivity contribution in [3.05, 3.63) is 352 Å². The number of hydrogen-bond donors (Lipinski definition) is 0. The third-order valence-electron chi connectivity index (χ3n) is 19.4. The van der Waals surface area contributed by atoms with Crippen LogP contribution in [-0.4, -0.2) is 49.8 Å². The molecular weight excluding hydrogens is 1270 g/mol. The number of fused-ring (bicyclic) bond motifs is 10. The van der Waals surface area contributed by atoms with Crippen LogP contribution >= 0.6 is 0 Å². The summed E-state index contributed by atoms with van der Waals surface area (Å²) in [6.45, 7) is 0. The van der Waals surface area contributed by atoms with Crippen molar-refractivity contribution in [1.29, 1.82) is 0 Å². The van der Waals surface area contributed by atoms with E-state index in [0.29, 0.717) is 46.3 Å². The minimum absolute atomic E-state index is 0.534. The second-order valence-electron chi connectivity index (χ2n) is 25.9. The summed E-state index contributed by atoms with van der Waals surface area (Å²) in [5, 5.41) is 14.1. The van der Waals surface area contributed by atoms with Gasteiger partial charge in [0.15, 0.2) is 34.9 Å². The largest absolute Gasteiger partial charge is 0.248 e. The molecule has 0 saturated carbocycles. The highest BCUT2D eigenvalue weighted by Gasteiger charge is 2.19. The van der Waals surface area contributed by atoms with Gasteiger partial charge in [-0.1, -0.05) is 285 Å². The Bertz CT molecular complexity index is 6320. The third-order valence-corrected chi connectivity index (χ3v) is 19.4. The summed E-state index contributed by atoms with van der Waals surface area (Å²) >= 11 is 0. The Balaban J connectivity index is 0.000000143. The van der Waals surface area contributed by atoms with Gasteiger partial charge in [-0.25, -0.2) is 49.8 Å². The summed E-state index contributed by atoms with van der Waals surface area (Å²) < 4.78 is 0. The SMILES string of the molecule is c1ccc(-c2nc(-c3ccccc3)nc(-c3ccc4ccc(-c5ccc6nc(-c7cc8ccccc8c8ccccc78)ccc6c5)cc4n3)n2)cc1.c1ccc(-c2nc(-c3ccccc3)nc(-c3ccc4ccc(-c5ccc6nc(-c7cccc8ccc9ccccc9c78)ccc6c5)cc4n3)n2)cc1. The normalized spacial score (nSPS) is 11.5. The van der Waals surface area contributed by atoms with Crippen LogP contribution in [0.1, 0.15) is 0 Å². The molecule has 6 aromatic heterocycles. The number of aromatic nitrogens is 10. The highest BCUT2D eigenvalue weighted by Crippen LogP contribution is 2.39. The molecule has 0 aliphatic carbocycles. The molecule has 20 aromatic rings. The van der Waals surface area contributed by atoms with Crippen molar-refractivity contribution in [3.8, 4) is 113 Å². The number of nitrogens with zero attached hydrogens (tertiary/aromatic N) is 10. The topological polar surface area (TPSA) is 129 Å². The fourth-order valence-electron chi connectivity index (χ4n) is 14.1. The molecule has 10 heteroatoms. The smallest absolute Gasteiger partial charge is 0.182 e. The van der Waals surface area contributed by atoms with Gasteiger partial charge < -0.3 is 0 Å². The summed E-state index contributed by atoms with van der Waals surface area (Å²) in [4.78, 5) is 49.7. The number of benzene rings is 14. The molecule has 0 unspecified atom stereocenters.